The molecule has 21 heavy (non-hydrogen) atoms. The first kappa shape index (κ1) is 13.1. The van der Waals surface area contributed by atoms with E-state index in [1.165, 1.54) is 31.4 Å². The number of benzene rings is 1. The maximum absolute atomic E-state index is 13.8. The number of phenols is 1. The molecule has 0 unspecified atom stereocenters. The fraction of sp³-hybridized carbons (Fsp3) is 0.588. The molecule has 3 nitrogen and oxygen atoms in total. The predicted octanol–water partition coefficient (Wildman–Crippen LogP) is 3.69. The maximum atomic E-state index is 13.8. The highest BCUT2D eigenvalue weighted by atomic mass is 19.1. The number of carbonyl (C=O) groups excluding carboxylic acids is 1. The molecule has 1 aromatic rings. The van der Waals surface area contributed by atoms with Crippen LogP contribution in [0.1, 0.15) is 38.5 Å². The molecule has 112 valence electrons. The number of hydrogen-bond donors (Lipinski definition) is 2. The second-order valence-electron chi connectivity index (χ2n) is 7.32. The average Bonchev–Trinajstić information content (AvgIpc) is 2.40. The van der Waals surface area contributed by atoms with Gasteiger partial charge in [-0.3, -0.25) is 4.79 Å². The minimum Gasteiger partial charge on any atom is -0.508 e. The highest BCUT2D eigenvalue weighted by Crippen LogP contribution is 2.60. The molecule has 1 aromatic carbocycles. The van der Waals surface area contributed by atoms with Crippen molar-refractivity contribution in [2.24, 2.45) is 23.2 Å². The molecule has 5 rings (SSSR count). The molecule has 1 amide bonds. The Morgan fingerprint density at radius 3 is 2.24 bits per heavy atom. The number of anilines is 1. The summed E-state index contributed by atoms with van der Waals surface area (Å²) in [4.78, 5) is 12.8. The molecule has 0 spiro atoms. The summed E-state index contributed by atoms with van der Waals surface area (Å²) in [5, 5.41) is 12.0. The van der Waals surface area contributed by atoms with Crippen LogP contribution >= 0.6 is 0 Å². The predicted molar refractivity (Wildman–Crippen MR) is 77.3 cm³/mol. The molecule has 0 aliphatic heterocycles. The van der Waals surface area contributed by atoms with Crippen molar-refractivity contribution in [2.75, 3.05) is 5.32 Å². The highest BCUT2D eigenvalue weighted by Gasteiger charge is 2.54. The van der Waals surface area contributed by atoms with Gasteiger partial charge in [0.2, 0.25) is 5.91 Å². The number of halogens is 1. The number of nitrogens with one attached hydrogen (secondary N) is 1. The van der Waals surface area contributed by atoms with E-state index in [4.69, 9.17) is 0 Å². The zero-order valence-electron chi connectivity index (χ0n) is 11.9. The van der Waals surface area contributed by atoms with E-state index in [1.807, 2.05) is 0 Å². The zero-order valence-corrected chi connectivity index (χ0v) is 11.9. The number of aromatic hydroxyl groups is 1. The van der Waals surface area contributed by atoms with Crippen LogP contribution in [-0.4, -0.2) is 11.0 Å². The molecular weight excluding hydrogens is 269 g/mol. The molecule has 0 aromatic heterocycles. The van der Waals surface area contributed by atoms with Crippen LogP contribution in [0.25, 0.3) is 0 Å². The molecule has 4 saturated carbocycles. The van der Waals surface area contributed by atoms with Crippen molar-refractivity contribution in [3.05, 3.63) is 24.0 Å². The Morgan fingerprint density at radius 2 is 1.71 bits per heavy atom. The zero-order chi connectivity index (χ0) is 14.6. The molecule has 0 heterocycles. The summed E-state index contributed by atoms with van der Waals surface area (Å²) in [6.45, 7) is 0. The molecule has 4 bridgehead atoms. The summed E-state index contributed by atoms with van der Waals surface area (Å²) in [6.07, 6.45) is 6.72. The van der Waals surface area contributed by atoms with Crippen molar-refractivity contribution < 1.29 is 14.3 Å². The number of carbonyl (C=O) groups is 1. The lowest BCUT2D eigenvalue weighted by Gasteiger charge is -2.55. The Bertz CT molecular complexity index is 563. The van der Waals surface area contributed by atoms with Gasteiger partial charge in [0.05, 0.1) is 11.1 Å². The van der Waals surface area contributed by atoms with Crippen LogP contribution in [0.4, 0.5) is 10.1 Å². The lowest BCUT2D eigenvalue weighted by atomic mass is 9.49. The lowest BCUT2D eigenvalue weighted by Crippen LogP contribution is -2.51. The molecule has 4 aliphatic rings. The normalized spacial score (nSPS) is 36.7. The van der Waals surface area contributed by atoms with E-state index < -0.39 is 5.82 Å². The Kier molecular flexibility index (Phi) is 2.78. The van der Waals surface area contributed by atoms with Gasteiger partial charge in [-0.2, -0.15) is 0 Å². The van der Waals surface area contributed by atoms with Crippen LogP contribution in [0.3, 0.4) is 0 Å². The number of phenolic OH excluding ortho intramolecular Hbond substituents is 1. The van der Waals surface area contributed by atoms with Gasteiger partial charge in [-0.15, -0.1) is 0 Å². The van der Waals surface area contributed by atoms with Crippen molar-refractivity contribution in [1.82, 2.24) is 0 Å². The van der Waals surface area contributed by atoms with Crippen molar-refractivity contribution in [2.45, 2.75) is 38.5 Å². The van der Waals surface area contributed by atoms with Gasteiger partial charge in [0, 0.05) is 6.07 Å². The monoisotopic (exact) mass is 289 g/mol. The van der Waals surface area contributed by atoms with Crippen LogP contribution < -0.4 is 5.32 Å². The average molecular weight is 289 g/mol. The van der Waals surface area contributed by atoms with Crippen molar-refractivity contribution in [1.29, 1.82) is 0 Å². The van der Waals surface area contributed by atoms with Crippen molar-refractivity contribution >= 4 is 11.6 Å². The Labute approximate surface area is 123 Å². The van der Waals surface area contributed by atoms with Gasteiger partial charge >= 0.3 is 0 Å². The number of hydrogen-bond acceptors (Lipinski definition) is 2. The molecule has 4 aliphatic carbocycles. The topological polar surface area (TPSA) is 49.3 Å². The van der Waals surface area contributed by atoms with E-state index in [-0.39, 0.29) is 22.8 Å². The molecule has 0 radical (unpaired) electrons. The smallest absolute Gasteiger partial charge is 0.230 e. The largest absolute Gasteiger partial charge is 0.508 e. The summed E-state index contributed by atoms with van der Waals surface area (Å²) in [5.41, 5.74) is -0.104. The summed E-state index contributed by atoms with van der Waals surface area (Å²) in [5.74, 6) is 1.34. The van der Waals surface area contributed by atoms with Gasteiger partial charge < -0.3 is 10.4 Å². The van der Waals surface area contributed by atoms with Gasteiger partial charge in [-0.1, -0.05) is 0 Å². The molecule has 4 heteroatoms. The van der Waals surface area contributed by atoms with E-state index in [0.29, 0.717) is 17.8 Å². The highest BCUT2D eigenvalue weighted by molar-refractivity contribution is 5.95. The molecule has 2 N–H and O–H groups in total. The molecular formula is C17H20FNO2. The van der Waals surface area contributed by atoms with E-state index in [0.717, 1.165) is 25.3 Å². The summed E-state index contributed by atoms with van der Waals surface area (Å²) >= 11 is 0. The standard InChI is InChI=1S/C17H20FNO2/c18-14-6-13(20)1-2-15(14)19-16(21)17-7-10-3-11(8-17)5-12(4-10)9-17/h1-2,6,10-12,20H,3-5,7-9H2,(H,19,21). The lowest BCUT2D eigenvalue weighted by molar-refractivity contribution is -0.140. The van der Waals surface area contributed by atoms with Gasteiger partial charge in [-0.25, -0.2) is 4.39 Å². The van der Waals surface area contributed by atoms with Gasteiger partial charge in [0.1, 0.15) is 11.6 Å². The van der Waals surface area contributed by atoms with Crippen molar-refractivity contribution in [3.8, 4) is 5.75 Å². The van der Waals surface area contributed by atoms with Crippen LogP contribution in [-0.2, 0) is 4.79 Å². The third kappa shape index (κ3) is 2.12. The molecule has 0 atom stereocenters. The van der Waals surface area contributed by atoms with E-state index >= 15 is 0 Å². The van der Waals surface area contributed by atoms with Gasteiger partial charge in [0.25, 0.3) is 0 Å². The second-order valence-corrected chi connectivity index (χ2v) is 7.32. The van der Waals surface area contributed by atoms with E-state index in [9.17, 15) is 14.3 Å². The Balaban J connectivity index is 1.57. The SMILES string of the molecule is O=C(Nc1ccc(O)cc1F)C12CC3CC(CC(C3)C1)C2. The third-order valence-electron chi connectivity index (χ3n) is 5.72. The summed E-state index contributed by atoms with van der Waals surface area (Å²) in [7, 11) is 0. The molecule has 0 saturated heterocycles. The first-order valence-corrected chi connectivity index (χ1v) is 7.84. The number of amides is 1. The first-order valence-electron chi connectivity index (χ1n) is 7.84. The van der Waals surface area contributed by atoms with Crippen LogP contribution in [0.15, 0.2) is 18.2 Å². The Hall–Kier alpha value is -1.58. The van der Waals surface area contributed by atoms with Crippen LogP contribution in [0, 0.1) is 29.0 Å². The van der Waals surface area contributed by atoms with Crippen LogP contribution in [0.2, 0.25) is 0 Å². The van der Waals surface area contributed by atoms with E-state index in [1.54, 1.807) is 0 Å². The quantitative estimate of drug-likeness (QED) is 0.816. The minimum atomic E-state index is -0.576. The number of rotatable bonds is 2. The van der Waals surface area contributed by atoms with Crippen LogP contribution in [0.5, 0.6) is 5.75 Å². The summed E-state index contributed by atoms with van der Waals surface area (Å²) in [6, 6.07) is 3.87. The maximum Gasteiger partial charge on any atom is 0.230 e. The fourth-order valence-electron chi connectivity index (χ4n) is 5.25. The molecule has 4 fully saturated rings. The fourth-order valence-corrected chi connectivity index (χ4v) is 5.25. The van der Waals surface area contributed by atoms with Crippen molar-refractivity contribution in [3.63, 3.8) is 0 Å². The third-order valence-corrected chi connectivity index (χ3v) is 5.72. The van der Waals surface area contributed by atoms with Gasteiger partial charge in [-0.05, 0) is 68.4 Å². The van der Waals surface area contributed by atoms with E-state index in [2.05, 4.69) is 5.32 Å². The van der Waals surface area contributed by atoms with Gasteiger partial charge in [0.15, 0.2) is 0 Å². The second kappa shape index (κ2) is 4.46. The minimum absolute atomic E-state index is 0.0220. The first-order chi connectivity index (χ1) is 10.0. The summed E-state index contributed by atoms with van der Waals surface area (Å²) < 4.78 is 13.8. The Morgan fingerprint density at radius 1 is 1.14 bits per heavy atom.